The monoisotopic (exact) mass is 363 g/mol. The van der Waals surface area contributed by atoms with Crippen LogP contribution in [0.2, 0.25) is 0 Å². The Morgan fingerprint density at radius 2 is 1.74 bits per heavy atom. The molecule has 3 aromatic rings. The van der Waals surface area contributed by atoms with Crippen molar-refractivity contribution in [1.29, 1.82) is 0 Å². The molecule has 2 N–H and O–H groups in total. The molecule has 7 heteroatoms. The predicted molar refractivity (Wildman–Crippen MR) is 104 cm³/mol. The third-order valence-corrected chi connectivity index (χ3v) is 3.77. The van der Waals surface area contributed by atoms with Crippen molar-refractivity contribution in [1.82, 2.24) is 15.0 Å². The number of nitrogens with one attached hydrogen (secondary N) is 2. The number of hydrogen-bond acceptors (Lipinski definition) is 5. The minimum Gasteiger partial charge on any atom is -0.487 e. The van der Waals surface area contributed by atoms with Crippen LogP contribution in [-0.2, 0) is 6.61 Å². The molecule has 2 amide bonds. The molecule has 0 aliphatic carbocycles. The zero-order valence-corrected chi connectivity index (χ0v) is 15.5. The van der Waals surface area contributed by atoms with Crippen LogP contribution in [-0.4, -0.2) is 21.0 Å². The van der Waals surface area contributed by atoms with Gasteiger partial charge in [-0.15, -0.1) is 0 Å². The first kappa shape index (κ1) is 18.3. The molecule has 0 saturated carbocycles. The number of urea groups is 1. The molecular weight excluding hydrogens is 342 g/mol. The number of hydrogen-bond donors (Lipinski definition) is 2. The van der Waals surface area contributed by atoms with Crippen LogP contribution < -0.4 is 15.4 Å². The highest BCUT2D eigenvalue weighted by Gasteiger charge is 2.10. The fraction of sp³-hybridized carbons (Fsp3) is 0.200. The fourth-order valence-corrected chi connectivity index (χ4v) is 2.34. The average molecular weight is 363 g/mol. The Morgan fingerprint density at radius 1 is 0.926 bits per heavy atom. The fourth-order valence-electron chi connectivity index (χ4n) is 2.34. The van der Waals surface area contributed by atoms with Gasteiger partial charge in [0, 0.05) is 17.5 Å². The molecule has 0 saturated heterocycles. The number of aromatic nitrogens is 3. The second-order valence-electron chi connectivity index (χ2n) is 6.22. The number of carbonyl (C=O) groups is 1. The smallest absolute Gasteiger partial charge is 0.324 e. The van der Waals surface area contributed by atoms with E-state index in [1.807, 2.05) is 51.1 Å². The first-order valence-corrected chi connectivity index (χ1v) is 8.51. The van der Waals surface area contributed by atoms with Gasteiger partial charge in [-0.1, -0.05) is 12.1 Å². The molecule has 0 fully saturated rings. The standard InChI is InChI=1S/C20H21N5O2/c1-13-4-7-18(27-12-16-6-5-14(2)21-10-16)17(8-13)24-20(26)25-19-11-22-15(3)9-23-19/h4-11H,12H2,1-3H3,(H2,23,24,25,26). The van der Waals surface area contributed by atoms with E-state index in [0.717, 1.165) is 22.5 Å². The van der Waals surface area contributed by atoms with Crippen molar-refractivity contribution in [3.8, 4) is 5.75 Å². The number of nitrogens with zero attached hydrogens (tertiary/aromatic N) is 3. The quantitative estimate of drug-likeness (QED) is 0.715. The van der Waals surface area contributed by atoms with E-state index in [1.165, 1.54) is 6.20 Å². The van der Waals surface area contributed by atoms with Crippen molar-refractivity contribution in [3.05, 3.63) is 71.4 Å². The van der Waals surface area contributed by atoms with Crippen molar-refractivity contribution < 1.29 is 9.53 Å². The molecule has 3 rings (SSSR count). The predicted octanol–water partition coefficient (Wildman–Crippen LogP) is 4.02. The van der Waals surface area contributed by atoms with Crippen LogP contribution in [0.1, 0.15) is 22.5 Å². The summed E-state index contributed by atoms with van der Waals surface area (Å²) in [7, 11) is 0. The van der Waals surface area contributed by atoms with Crippen LogP contribution in [0.4, 0.5) is 16.3 Å². The summed E-state index contributed by atoms with van der Waals surface area (Å²) < 4.78 is 5.87. The summed E-state index contributed by atoms with van der Waals surface area (Å²) in [6.07, 6.45) is 4.87. The molecule has 0 atom stereocenters. The van der Waals surface area contributed by atoms with Gasteiger partial charge in [-0.2, -0.15) is 0 Å². The molecule has 1 aromatic carbocycles. The van der Waals surface area contributed by atoms with E-state index in [-0.39, 0.29) is 0 Å². The van der Waals surface area contributed by atoms with Crippen LogP contribution in [0, 0.1) is 20.8 Å². The van der Waals surface area contributed by atoms with E-state index in [1.54, 1.807) is 12.4 Å². The number of amides is 2. The summed E-state index contributed by atoms with van der Waals surface area (Å²) in [5.41, 5.74) is 4.26. The van der Waals surface area contributed by atoms with E-state index in [9.17, 15) is 4.79 Å². The minimum atomic E-state index is -0.416. The van der Waals surface area contributed by atoms with Crippen LogP contribution >= 0.6 is 0 Å². The van der Waals surface area contributed by atoms with Crippen LogP contribution in [0.15, 0.2) is 48.9 Å². The van der Waals surface area contributed by atoms with Crippen molar-refractivity contribution >= 4 is 17.5 Å². The Hall–Kier alpha value is -3.48. The van der Waals surface area contributed by atoms with Gasteiger partial charge in [-0.25, -0.2) is 9.78 Å². The summed E-state index contributed by atoms with van der Waals surface area (Å²) in [5, 5.41) is 5.46. The second kappa shape index (κ2) is 8.27. The van der Waals surface area contributed by atoms with E-state index in [2.05, 4.69) is 25.6 Å². The van der Waals surface area contributed by atoms with Crippen LogP contribution in [0.5, 0.6) is 5.75 Å². The summed E-state index contributed by atoms with van der Waals surface area (Å²) in [6.45, 7) is 6.07. The van der Waals surface area contributed by atoms with Gasteiger partial charge in [0.1, 0.15) is 12.4 Å². The molecule has 2 aromatic heterocycles. The number of aryl methyl sites for hydroxylation is 3. The van der Waals surface area contributed by atoms with E-state index < -0.39 is 6.03 Å². The zero-order valence-electron chi connectivity index (χ0n) is 15.5. The molecule has 27 heavy (non-hydrogen) atoms. The van der Waals surface area contributed by atoms with E-state index in [0.29, 0.717) is 23.9 Å². The number of rotatable bonds is 5. The maximum absolute atomic E-state index is 12.3. The third kappa shape index (κ3) is 5.24. The highest BCUT2D eigenvalue weighted by molar-refractivity contribution is 6.00. The topological polar surface area (TPSA) is 89.0 Å². The van der Waals surface area contributed by atoms with Crippen LogP contribution in [0.25, 0.3) is 0 Å². The highest BCUT2D eigenvalue weighted by Crippen LogP contribution is 2.26. The largest absolute Gasteiger partial charge is 0.487 e. The normalized spacial score (nSPS) is 10.3. The van der Waals surface area contributed by atoms with Crippen molar-refractivity contribution in [3.63, 3.8) is 0 Å². The lowest BCUT2D eigenvalue weighted by atomic mass is 10.2. The van der Waals surface area contributed by atoms with Crippen molar-refractivity contribution in [2.24, 2.45) is 0 Å². The van der Waals surface area contributed by atoms with Gasteiger partial charge in [0.15, 0.2) is 5.82 Å². The van der Waals surface area contributed by atoms with Gasteiger partial charge in [0.05, 0.1) is 23.8 Å². The van der Waals surface area contributed by atoms with Crippen molar-refractivity contribution in [2.45, 2.75) is 27.4 Å². The molecule has 138 valence electrons. The Balaban J connectivity index is 1.68. The molecule has 0 aliphatic heterocycles. The Morgan fingerprint density at radius 3 is 2.44 bits per heavy atom. The van der Waals surface area contributed by atoms with Crippen molar-refractivity contribution in [2.75, 3.05) is 10.6 Å². The number of ether oxygens (including phenoxy) is 1. The molecule has 7 nitrogen and oxygen atoms in total. The molecule has 0 unspecified atom stereocenters. The second-order valence-corrected chi connectivity index (χ2v) is 6.22. The summed E-state index contributed by atoms with van der Waals surface area (Å²) in [6, 6.07) is 9.09. The maximum Gasteiger partial charge on any atom is 0.324 e. The lowest BCUT2D eigenvalue weighted by Crippen LogP contribution is -2.20. The third-order valence-electron chi connectivity index (χ3n) is 3.77. The number of anilines is 2. The number of pyridine rings is 1. The summed E-state index contributed by atoms with van der Waals surface area (Å²) >= 11 is 0. The first-order chi connectivity index (χ1) is 13.0. The van der Waals surface area contributed by atoms with E-state index >= 15 is 0 Å². The van der Waals surface area contributed by atoms with Gasteiger partial charge < -0.3 is 10.1 Å². The number of benzene rings is 1. The first-order valence-electron chi connectivity index (χ1n) is 8.51. The zero-order chi connectivity index (χ0) is 19.2. The maximum atomic E-state index is 12.3. The summed E-state index contributed by atoms with van der Waals surface area (Å²) in [4.78, 5) is 24.8. The Kier molecular flexibility index (Phi) is 5.61. The molecule has 0 aliphatic rings. The van der Waals surface area contributed by atoms with Gasteiger partial charge in [0.2, 0.25) is 0 Å². The van der Waals surface area contributed by atoms with Gasteiger partial charge in [-0.3, -0.25) is 15.3 Å². The van der Waals surface area contributed by atoms with Crippen LogP contribution in [0.3, 0.4) is 0 Å². The molecular formula is C20H21N5O2. The lowest BCUT2D eigenvalue weighted by molar-refractivity contribution is 0.261. The minimum absolute atomic E-state index is 0.357. The molecule has 2 heterocycles. The molecule has 0 spiro atoms. The van der Waals surface area contributed by atoms with Gasteiger partial charge in [0.25, 0.3) is 0 Å². The van der Waals surface area contributed by atoms with Gasteiger partial charge >= 0.3 is 6.03 Å². The molecule has 0 radical (unpaired) electrons. The Labute approximate surface area is 157 Å². The lowest BCUT2D eigenvalue weighted by Gasteiger charge is -2.14. The number of carbonyl (C=O) groups excluding carboxylic acids is 1. The SMILES string of the molecule is Cc1ccc(OCc2ccc(C)nc2)c(NC(=O)Nc2cnc(C)cn2)c1. The molecule has 0 bridgehead atoms. The van der Waals surface area contributed by atoms with E-state index in [4.69, 9.17) is 4.74 Å². The van der Waals surface area contributed by atoms with Gasteiger partial charge in [-0.05, 0) is 44.5 Å². The average Bonchev–Trinajstić information content (AvgIpc) is 2.64. The Bertz CT molecular complexity index is 924. The summed E-state index contributed by atoms with van der Waals surface area (Å²) in [5.74, 6) is 0.949. The highest BCUT2D eigenvalue weighted by atomic mass is 16.5.